The van der Waals surface area contributed by atoms with Crippen molar-refractivity contribution in [1.82, 2.24) is 10.6 Å². The third-order valence-electron chi connectivity index (χ3n) is 6.49. The Balaban J connectivity index is 1.38. The first kappa shape index (κ1) is 17.3. The number of hydrogen-bond donors (Lipinski definition) is 2. The average Bonchev–Trinajstić information content (AvgIpc) is 3.31. The summed E-state index contributed by atoms with van der Waals surface area (Å²) in [6, 6.07) is 5.36. The van der Waals surface area contributed by atoms with Gasteiger partial charge in [-0.15, -0.1) is 11.3 Å². The number of nitrogens with zero attached hydrogens (tertiary/aromatic N) is 1. The maximum absolute atomic E-state index is 6.10. The number of hydrogen-bond acceptors (Lipinski definition) is 3. The Morgan fingerprint density at radius 2 is 2.20 bits per heavy atom. The second-order valence-corrected chi connectivity index (χ2v) is 9.51. The zero-order chi connectivity index (χ0) is 17.4. The minimum absolute atomic E-state index is 0.368. The molecule has 3 aliphatic rings. The Kier molecular flexibility index (Phi) is 4.80. The number of rotatable bonds is 4. The SMILES string of the molecule is CN=C(NC(C)Cc1ccc(C)s1)NC1C2CCOC2C12CCCC2. The lowest BCUT2D eigenvalue weighted by Gasteiger charge is -2.57. The van der Waals surface area contributed by atoms with Crippen LogP contribution in [-0.4, -0.2) is 37.8 Å². The van der Waals surface area contributed by atoms with Crippen LogP contribution in [0.1, 0.15) is 48.8 Å². The van der Waals surface area contributed by atoms with E-state index in [9.17, 15) is 0 Å². The third kappa shape index (κ3) is 3.10. The maximum atomic E-state index is 6.10. The molecule has 2 aliphatic carbocycles. The maximum Gasteiger partial charge on any atom is 0.191 e. The molecule has 0 aromatic carbocycles. The van der Waals surface area contributed by atoms with E-state index in [1.807, 2.05) is 18.4 Å². The van der Waals surface area contributed by atoms with Crippen molar-refractivity contribution in [2.75, 3.05) is 13.7 Å². The largest absolute Gasteiger partial charge is 0.377 e. The Labute approximate surface area is 155 Å². The fraction of sp³-hybridized carbons (Fsp3) is 0.750. The van der Waals surface area contributed by atoms with Gasteiger partial charge in [0, 0.05) is 53.2 Å². The number of aryl methyl sites for hydroxylation is 1. The molecular weight excluding hydrogens is 330 g/mol. The molecule has 1 aliphatic heterocycles. The highest BCUT2D eigenvalue weighted by molar-refractivity contribution is 7.11. The number of guanidine groups is 1. The van der Waals surface area contributed by atoms with Gasteiger partial charge in [0.15, 0.2) is 5.96 Å². The minimum Gasteiger partial charge on any atom is -0.377 e. The molecule has 138 valence electrons. The van der Waals surface area contributed by atoms with Crippen molar-refractivity contribution < 1.29 is 4.74 Å². The van der Waals surface area contributed by atoms with E-state index in [2.05, 4.69) is 41.6 Å². The van der Waals surface area contributed by atoms with Gasteiger partial charge in [0.25, 0.3) is 0 Å². The molecule has 3 fully saturated rings. The first-order valence-electron chi connectivity index (χ1n) is 9.79. The molecule has 5 heteroatoms. The molecule has 2 N–H and O–H groups in total. The lowest BCUT2D eigenvalue weighted by molar-refractivity contribution is -0.125. The van der Waals surface area contributed by atoms with Crippen molar-refractivity contribution in [1.29, 1.82) is 0 Å². The summed E-state index contributed by atoms with van der Waals surface area (Å²) >= 11 is 1.89. The van der Waals surface area contributed by atoms with Gasteiger partial charge in [-0.25, -0.2) is 0 Å². The highest BCUT2D eigenvalue weighted by Gasteiger charge is 2.65. The standard InChI is InChI=1S/C20H31N3OS/c1-13(12-15-7-6-14(2)25-15)22-19(21-3)23-17-16-8-11-24-18(16)20(17)9-4-5-10-20/h6-7,13,16-18H,4-5,8-12H2,1-3H3,(H2,21,22,23). The summed E-state index contributed by atoms with van der Waals surface area (Å²) in [6.45, 7) is 5.36. The van der Waals surface area contributed by atoms with Crippen LogP contribution in [0, 0.1) is 18.3 Å². The molecule has 1 aromatic rings. The zero-order valence-corrected chi connectivity index (χ0v) is 16.5. The first-order valence-corrected chi connectivity index (χ1v) is 10.6. The van der Waals surface area contributed by atoms with Gasteiger partial charge in [-0.1, -0.05) is 12.8 Å². The molecule has 4 rings (SSSR count). The quantitative estimate of drug-likeness (QED) is 0.637. The van der Waals surface area contributed by atoms with Crippen molar-refractivity contribution in [2.45, 2.75) is 70.6 Å². The molecule has 0 radical (unpaired) electrons. The highest BCUT2D eigenvalue weighted by atomic mass is 32.1. The van der Waals surface area contributed by atoms with Crippen LogP contribution in [0.5, 0.6) is 0 Å². The molecule has 2 saturated carbocycles. The van der Waals surface area contributed by atoms with E-state index in [4.69, 9.17) is 4.74 Å². The summed E-state index contributed by atoms with van der Waals surface area (Å²) < 4.78 is 6.10. The first-order chi connectivity index (χ1) is 12.1. The van der Waals surface area contributed by atoms with Gasteiger partial charge >= 0.3 is 0 Å². The Hall–Kier alpha value is -1.07. The van der Waals surface area contributed by atoms with E-state index in [-0.39, 0.29) is 0 Å². The minimum atomic E-state index is 0.368. The number of fused-ring (bicyclic) bond motifs is 2. The van der Waals surface area contributed by atoms with Crippen molar-refractivity contribution in [3.63, 3.8) is 0 Å². The molecule has 0 amide bonds. The van der Waals surface area contributed by atoms with E-state index < -0.39 is 0 Å². The van der Waals surface area contributed by atoms with E-state index in [0.29, 0.717) is 29.5 Å². The summed E-state index contributed by atoms with van der Waals surface area (Å²) in [5.74, 6) is 1.63. The highest BCUT2D eigenvalue weighted by Crippen LogP contribution is 2.60. The summed E-state index contributed by atoms with van der Waals surface area (Å²) in [7, 11) is 1.89. The molecular formula is C20H31N3OS. The molecule has 4 nitrogen and oxygen atoms in total. The lowest BCUT2D eigenvalue weighted by atomic mass is 9.54. The monoisotopic (exact) mass is 361 g/mol. The molecule has 1 saturated heterocycles. The van der Waals surface area contributed by atoms with Gasteiger partial charge < -0.3 is 15.4 Å². The number of nitrogens with one attached hydrogen (secondary N) is 2. The molecule has 1 spiro atoms. The van der Waals surface area contributed by atoms with Crippen LogP contribution >= 0.6 is 11.3 Å². The van der Waals surface area contributed by atoms with Gasteiger partial charge in [-0.2, -0.15) is 0 Å². The van der Waals surface area contributed by atoms with Crippen molar-refractivity contribution in [3.05, 3.63) is 21.9 Å². The second kappa shape index (κ2) is 6.92. The van der Waals surface area contributed by atoms with Gasteiger partial charge in [0.05, 0.1) is 6.10 Å². The van der Waals surface area contributed by atoms with E-state index >= 15 is 0 Å². The van der Waals surface area contributed by atoms with Gasteiger partial charge in [0.2, 0.25) is 0 Å². The summed E-state index contributed by atoms with van der Waals surface area (Å²) in [6.07, 6.45) is 8.07. The predicted molar refractivity (Wildman–Crippen MR) is 104 cm³/mol. The van der Waals surface area contributed by atoms with Crippen LogP contribution in [0.3, 0.4) is 0 Å². The lowest BCUT2D eigenvalue weighted by Crippen LogP contribution is -2.69. The summed E-state index contributed by atoms with van der Waals surface area (Å²) in [5, 5.41) is 7.41. The van der Waals surface area contributed by atoms with Gasteiger partial charge in [0.1, 0.15) is 0 Å². The number of aliphatic imine (C=N–C) groups is 1. The number of ether oxygens (including phenoxy) is 1. The third-order valence-corrected chi connectivity index (χ3v) is 7.51. The normalized spacial score (nSPS) is 31.6. The molecule has 2 heterocycles. The van der Waals surface area contributed by atoms with Crippen LogP contribution in [0.15, 0.2) is 17.1 Å². The van der Waals surface area contributed by atoms with E-state index in [0.717, 1.165) is 19.0 Å². The Morgan fingerprint density at radius 1 is 1.40 bits per heavy atom. The van der Waals surface area contributed by atoms with Crippen LogP contribution < -0.4 is 10.6 Å². The smallest absolute Gasteiger partial charge is 0.191 e. The van der Waals surface area contributed by atoms with Crippen molar-refractivity contribution in [2.24, 2.45) is 16.3 Å². The Morgan fingerprint density at radius 3 is 2.88 bits per heavy atom. The fourth-order valence-corrected chi connectivity index (χ4v) is 6.42. The van der Waals surface area contributed by atoms with Gasteiger partial charge in [-0.05, 0) is 45.2 Å². The van der Waals surface area contributed by atoms with Crippen LogP contribution in [0.4, 0.5) is 0 Å². The summed E-state index contributed by atoms with van der Waals surface area (Å²) in [5.41, 5.74) is 0.368. The zero-order valence-electron chi connectivity index (χ0n) is 15.7. The summed E-state index contributed by atoms with van der Waals surface area (Å²) in [4.78, 5) is 7.34. The predicted octanol–water partition coefficient (Wildman–Crippen LogP) is 3.50. The van der Waals surface area contributed by atoms with Crippen molar-refractivity contribution in [3.8, 4) is 0 Å². The van der Waals surface area contributed by atoms with Crippen LogP contribution in [0.25, 0.3) is 0 Å². The molecule has 1 aromatic heterocycles. The topological polar surface area (TPSA) is 45.7 Å². The van der Waals surface area contributed by atoms with Crippen molar-refractivity contribution >= 4 is 17.3 Å². The van der Waals surface area contributed by atoms with Crippen LogP contribution in [-0.2, 0) is 11.2 Å². The number of thiophene rings is 1. The van der Waals surface area contributed by atoms with E-state index in [1.54, 1.807) is 0 Å². The van der Waals surface area contributed by atoms with Gasteiger partial charge in [-0.3, -0.25) is 4.99 Å². The molecule has 0 bridgehead atoms. The van der Waals surface area contributed by atoms with E-state index in [1.165, 1.54) is 41.9 Å². The molecule has 4 unspecified atom stereocenters. The fourth-order valence-electron chi connectivity index (χ4n) is 5.40. The van der Waals surface area contributed by atoms with Crippen LogP contribution in [0.2, 0.25) is 0 Å². The Bertz CT molecular complexity index is 635. The molecule has 25 heavy (non-hydrogen) atoms. The molecule has 4 atom stereocenters. The second-order valence-electron chi connectivity index (χ2n) is 8.14. The average molecular weight is 362 g/mol.